The molecule has 312 valence electrons. The van der Waals surface area contributed by atoms with Crippen LogP contribution in [-0.4, -0.2) is 67.3 Å². The van der Waals surface area contributed by atoms with Crippen LogP contribution in [0.2, 0.25) is 5.02 Å². The minimum Gasteiger partial charge on any atom is -0.386 e. The number of rotatable bonds is 28. The minimum atomic E-state index is -4.66. The molecule has 1 saturated heterocycles. The molecule has 56 heavy (non-hydrogen) atoms. The standard InChI is InChI=1S/C41H63ClN5O8P/c1-3-4-5-6-7-8-9-10-11-12-13-14-15-16-17-18-19-20-34(52-27-32-21-22-33(26-43)35(42)25-32)28-54-56(50,51)55-29-40(2)39(48)41(49,30-53-40)37-24-23-36-38(44)45-31-46-47(36)37/h21-25,31,34,39,48-49H,3-20,27-30H2,1-2H3,(H,50,51)(H2,44,45,46)/t34-,39-,40-,41?/m1/s1. The summed E-state index contributed by atoms with van der Waals surface area (Å²) in [6.07, 6.45) is 21.3. The first kappa shape index (κ1) is 46.1. The molecule has 4 rings (SSSR count). The summed E-state index contributed by atoms with van der Waals surface area (Å²) >= 11 is 6.23. The second-order valence-electron chi connectivity index (χ2n) is 15.4. The highest BCUT2D eigenvalue weighted by molar-refractivity contribution is 7.47. The number of aliphatic hydroxyl groups excluding tert-OH is 1. The van der Waals surface area contributed by atoms with E-state index in [2.05, 4.69) is 17.0 Å². The van der Waals surface area contributed by atoms with Gasteiger partial charge >= 0.3 is 7.82 Å². The zero-order valence-corrected chi connectivity index (χ0v) is 34.9. The van der Waals surface area contributed by atoms with Crippen LogP contribution in [0.5, 0.6) is 0 Å². The number of aliphatic hydroxyl groups is 2. The Morgan fingerprint density at radius 1 is 1.00 bits per heavy atom. The molecular weight excluding hydrogens is 757 g/mol. The van der Waals surface area contributed by atoms with E-state index in [4.69, 9.17) is 35.9 Å². The van der Waals surface area contributed by atoms with E-state index >= 15 is 0 Å². The van der Waals surface area contributed by atoms with Crippen molar-refractivity contribution in [2.75, 3.05) is 25.6 Å². The van der Waals surface area contributed by atoms with Crippen LogP contribution in [0.15, 0.2) is 36.7 Å². The first-order valence-electron chi connectivity index (χ1n) is 20.5. The summed E-state index contributed by atoms with van der Waals surface area (Å²) in [6.45, 7) is 2.78. The van der Waals surface area contributed by atoms with Crippen LogP contribution in [0, 0.1) is 11.3 Å². The molecule has 13 nitrogen and oxygen atoms in total. The van der Waals surface area contributed by atoms with Gasteiger partial charge < -0.3 is 30.3 Å². The Morgan fingerprint density at radius 2 is 1.61 bits per heavy atom. The fourth-order valence-electron chi connectivity index (χ4n) is 7.24. The molecule has 1 aliphatic rings. The van der Waals surface area contributed by atoms with E-state index in [-0.39, 0.29) is 31.3 Å². The number of phosphoric acid groups is 1. The third-order valence-electron chi connectivity index (χ3n) is 10.8. The fourth-order valence-corrected chi connectivity index (χ4v) is 8.34. The van der Waals surface area contributed by atoms with E-state index in [1.807, 2.05) is 6.07 Å². The van der Waals surface area contributed by atoms with Crippen LogP contribution < -0.4 is 5.73 Å². The van der Waals surface area contributed by atoms with E-state index in [1.165, 1.54) is 108 Å². The maximum absolute atomic E-state index is 13.1. The van der Waals surface area contributed by atoms with Crippen LogP contribution in [0.1, 0.15) is 146 Å². The smallest absolute Gasteiger partial charge is 0.386 e. The third kappa shape index (κ3) is 13.7. The lowest BCUT2D eigenvalue weighted by Crippen LogP contribution is -2.49. The molecule has 2 unspecified atom stereocenters. The van der Waals surface area contributed by atoms with E-state index in [1.54, 1.807) is 30.3 Å². The van der Waals surface area contributed by atoms with Gasteiger partial charge in [-0.2, -0.15) is 10.4 Å². The van der Waals surface area contributed by atoms with Crippen molar-refractivity contribution in [3.63, 3.8) is 0 Å². The lowest BCUT2D eigenvalue weighted by atomic mass is 9.86. The van der Waals surface area contributed by atoms with Crippen molar-refractivity contribution >= 4 is 30.8 Å². The molecule has 0 saturated carbocycles. The zero-order valence-electron chi connectivity index (χ0n) is 33.2. The molecule has 5 N–H and O–H groups in total. The number of halogens is 1. The number of phosphoric ester groups is 1. The number of unbranched alkanes of at least 4 members (excludes halogenated alkanes) is 16. The molecule has 1 aliphatic heterocycles. The molecule has 3 aromatic rings. The molecule has 5 atom stereocenters. The number of hydrogen-bond donors (Lipinski definition) is 4. The quantitative estimate of drug-likeness (QED) is 0.0402. The summed E-state index contributed by atoms with van der Waals surface area (Å²) in [6, 6.07) is 10.3. The number of aromatic nitrogens is 3. The number of nitrogens with two attached hydrogens (primary N) is 1. The van der Waals surface area contributed by atoms with Crippen molar-refractivity contribution in [3.05, 3.63) is 58.5 Å². The Kier molecular flexibility index (Phi) is 19.0. The molecule has 0 radical (unpaired) electrons. The number of fused-ring (bicyclic) bond motifs is 1. The topological polar surface area (TPSA) is 195 Å². The highest BCUT2D eigenvalue weighted by Gasteiger charge is 2.58. The van der Waals surface area contributed by atoms with Gasteiger partial charge in [0.25, 0.3) is 0 Å². The second-order valence-corrected chi connectivity index (χ2v) is 17.3. The largest absolute Gasteiger partial charge is 0.472 e. The van der Waals surface area contributed by atoms with E-state index < -0.39 is 37.8 Å². The highest BCUT2D eigenvalue weighted by atomic mass is 35.5. The van der Waals surface area contributed by atoms with Gasteiger partial charge in [0.05, 0.1) is 48.8 Å². The van der Waals surface area contributed by atoms with Crippen molar-refractivity contribution < 1.29 is 38.2 Å². The maximum atomic E-state index is 13.1. The van der Waals surface area contributed by atoms with Gasteiger partial charge in [-0.25, -0.2) is 14.1 Å². The molecule has 1 aromatic carbocycles. The first-order chi connectivity index (χ1) is 26.9. The predicted molar refractivity (Wildman–Crippen MR) is 217 cm³/mol. The Bertz CT molecular complexity index is 1720. The van der Waals surface area contributed by atoms with Crippen LogP contribution in [-0.2, 0) is 35.3 Å². The lowest BCUT2D eigenvalue weighted by molar-refractivity contribution is -0.100. The van der Waals surface area contributed by atoms with Gasteiger partial charge in [-0.15, -0.1) is 0 Å². The Hall–Kier alpha value is -2.63. The van der Waals surface area contributed by atoms with E-state index in [9.17, 15) is 24.9 Å². The van der Waals surface area contributed by atoms with Gasteiger partial charge in [-0.1, -0.05) is 134 Å². The minimum absolute atomic E-state index is 0.163. The Balaban J connectivity index is 1.20. The third-order valence-corrected chi connectivity index (χ3v) is 12.0. The van der Waals surface area contributed by atoms with E-state index in [0.29, 0.717) is 22.5 Å². The van der Waals surface area contributed by atoms with Crippen molar-refractivity contribution in [2.45, 2.75) is 159 Å². The predicted octanol–water partition coefficient (Wildman–Crippen LogP) is 8.93. The van der Waals surface area contributed by atoms with Gasteiger partial charge in [0.1, 0.15) is 29.6 Å². The lowest BCUT2D eigenvalue weighted by Gasteiger charge is -2.32. The highest BCUT2D eigenvalue weighted by Crippen LogP contribution is 2.48. The molecule has 0 amide bonds. The number of nitriles is 1. The molecule has 3 heterocycles. The number of ether oxygens (including phenoxy) is 2. The van der Waals surface area contributed by atoms with Crippen molar-refractivity contribution in [1.29, 1.82) is 5.26 Å². The average Bonchev–Trinajstić information content (AvgIpc) is 3.73. The van der Waals surface area contributed by atoms with E-state index in [0.717, 1.165) is 24.8 Å². The van der Waals surface area contributed by atoms with Crippen LogP contribution in [0.4, 0.5) is 5.82 Å². The number of anilines is 1. The van der Waals surface area contributed by atoms with Crippen molar-refractivity contribution in [1.82, 2.24) is 14.6 Å². The summed E-state index contributed by atoms with van der Waals surface area (Å²) in [5.74, 6) is 0.195. The monoisotopic (exact) mass is 819 g/mol. The average molecular weight is 820 g/mol. The van der Waals surface area contributed by atoms with Crippen molar-refractivity contribution in [2.24, 2.45) is 0 Å². The Morgan fingerprint density at radius 3 is 2.20 bits per heavy atom. The molecular formula is C41H63ClN5O8P. The zero-order chi connectivity index (χ0) is 40.4. The first-order valence-corrected chi connectivity index (χ1v) is 22.3. The number of benzene rings is 1. The normalized spacial score (nSPS) is 21.3. The molecule has 0 bridgehead atoms. The summed E-state index contributed by atoms with van der Waals surface area (Å²) < 4.78 is 37.2. The van der Waals surface area contributed by atoms with Gasteiger partial charge in [-0.3, -0.25) is 9.05 Å². The summed E-state index contributed by atoms with van der Waals surface area (Å²) in [5.41, 5.74) is 4.21. The molecule has 0 aliphatic carbocycles. The molecule has 1 fully saturated rings. The van der Waals surface area contributed by atoms with Gasteiger partial charge in [-0.05, 0) is 43.2 Å². The number of nitrogen functional groups attached to an aromatic ring is 1. The summed E-state index contributed by atoms with van der Waals surface area (Å²) in [4.78, 5) is 14.6. The fraction of sp³-hybridized carbons (Fsp3) is 0.683. The molecule has 0 spiro atoms. The Labute approximate surface area is 337 Å². The van der Waals surface area contributed by atoms with Crippen LogP contribution >= 0.6 is 19.4 Å². The van der Waals surface area contributed by atoms with Crippen LogP contribution in [0.25, 0.3) is 5.52 Å². The number of nitrogens with zero attached hydrogens (tertiary/aromatic N) is 4. The van der Waals surface area contributed by atoms with Gasteiger partial charge in [0, 0.05) is 0 Å². The SMILES string of the molecule is CCCCCCCCCCCCCCCCCCC[C@H](COP(=O)(O)OC[C@@]1(C)OCC(O)(c2ccc3c(N)ncnn23)[C@@H]1O)OCc1ccc(C#N)c(Cl)c1. The summed E-state index contributed by atoms with van der Waals surface area (Å²) in [7, 11) is -4.66. The van der Waals surface area contributed by atoms with Gasteiger partial charge in [0.15, 0.2) is 11.4 Å². The van der Waals surface area contributed by atoms with Crippen LogP contribution in [0.3, 0.4) is 0 Å². The molecule has 15 heteroatoms. The second kappa shape index (κ2) is 23.1. The van der Waals surface area contributed by atoms with Crippen molar-refractivity contribution in [3.8, 4) is 6.07 Å². The number of hydrogen-bond acceptors (Lipinski definition) is 11. The van der Waals surface area contributed by atoms with Gasteiger partial charge in [0.2, 0.25) is 0 Å². The molecule has 2 aromatic heterocycles. The maximum Gasteiger partial charge on any atom is 0.472 e. The summed E-state index contributed by atoms with van der Waals surface area (Å²) in [5, 5.41) is 36.5.